The van der Waals surface area contributed by atoms with Crippen molar-refractivity contribution in [1.82, 2.24) is 4.98 Å². The molecule has 1 N–H and O–H groups in total. The van der Waals surface area contributed by atoms with Gasteiger partial charge >= 0.3 is 5.97 Å². The molecule has 0 radical (unpaired) electrons. The van der Waals surface area contributed by atoms with Crippen LogP contribution in [-0.4, -0.2) is 16.1 Å². The number of carboxylic acids is 1. The highest BCUT2D eigenvalue weighted by Crippen LogP contribution is 2.30. The van der Waals surface area contributed by atoms with Crippen LogP contribution in [0.25, 0.3) is 0 Å². The molecule has 0 aliphatic heterocycles. The average Bonchev–Trinajstić information content (AvgIpc) is 2.26. The summed E-state index contributed by atoms with van der Waals surface area (Å²) in [6.07, 6.45) is 0. The lowest BCUT2D eigenvalue weighted by Gasteiger charge is -2.05. The Morgan fingerprint density at radius 3 is 2.58 bits per heavy atom. The summed E-state index contributed by atoms with van der Waals surface area (Å²) in [6, 6.07) is 8.88. The molecule has 5 heteroatoms. The van der Waals surface area contributed by atoms with E-state index < -0.39 is 5.97 Å². The molecule has 0 unspecified atom stereocenters. The summed E-state index contributed by atoms with van der Waals surface area (Å²) in [6.45, 7) is 3.96. The van der Waals surface area contributed by atoms with Gasteiger partial charge in [0.1, 0.15) is 5.03 Å². The van der Waals surface area contributed by atoms with E-state index in [0.29, 0.717) is 0 Å². The van der Waals surface area contributed by atoms with Gasteiger partial charge < -0.3 is 5.11 Å². The van der Waals surface area contributed by atoms with Crippen LogP contribution in [0.1, 0.15) is 21.6 Å². The van der Waals surface area contributed by atoms with Crippen LogP contribution in [0.5, 0.6) is 0 Å². The monoisotopic (exact) mass is 293 g/mol. The highest BCUT2D eigenvalue weighted by atomic mass is 35.5. The topological polar surface area (TPSA) is 50.2 Å². The van der Waals surface area contributed by atoms with E-state index in [1.165, 1.54) is 17.8 Å². The Labute approximate surface area is 120 Å². The number of pyridine rings is 1. The van der Waals surface area contributed by atoms with Crippen LogP contribution in [0, 0.1) is 13.8 Å². The first-order chi connectivity index (χ1) is 8.95. The number of hydrogen-bond acceptors (Lipinski definition) is 3. The zero-order valence-corrected chi connectivity index (χ0v) is 12.0. The molecule has 19 heavy (non-hydrogen) atoms. The van der Waals surface area contributed by atoms with Crippen molar-refractivity contribution in [2.75, 3.05) is 0 Å². The summed E-state index contributed by atoms with van der Waals surface area (Å²) in [5, 5.41) is 10.0. The minimum absolute atomic E-state index is 0.111. The molecule has 0 spiro atoms. The van der Waals surface area contributed by atoms with Gasteiger partial charge in [-0.3, -0.25) is 0 Å². The summed E-state index contributed by atoms with van der Waals surface area (Å²) >= 11 is 7.40. The predicted molar refractivity (Wildman–Crippen MR) is 76.2 cm³/mol. The van der Waals surface area contributed by atoms with Gasteiger partial charge in [-0.05, 0) is 49.7 Å². The molecule has 1 heterocycles. The highest BCUT2D eigenvalue weighted by molar-refractivity contribution is 7.99. The summed E-state index contributed by atoms with van der Waals surface area (Å²) in [5.74, 6) is -1.02. The lowest BCUT2D eigenvalue weighted by atomic mass is 10.2. The van der Waals surface area contributed by atoms with Crippen LogP contribution < -0.4 is 0 Å². The molecular weight excluding hydrogens is 282 g/mol. The van der Waals surface area contributed by atoms with Gasteiger partial charge in [-0.1, -0.05) is 23.4 Å². The Bertz CT molecular complexity index is 623. The second-order valence-corrected chi connectivity index (χ2v) is 5.67. The molecule has 0 bridgehead atoms. The van der Waals surface area contributed by atoms with E-state index in [1.807, 2.05) is 26.0 Å². The van der Waals surface area contributed by atoms with Crippen molar-refractivity contribution in [2.24, 2.45) is 0 Å². The molecule has 0 aliphatic rings. The minimum Gasteiger partial charge on any atom is -0.478 e. The Kier molecular flexibility index (Phi) is 4.12. The zero-order valence-electron chi connectivity index (χ0n) is 10.5. The maximum atomic E-state index is 10.9. The number of carbonyl (C=O) groups is 1. The van der Waals surface area contributed by atoms with Crippen molar-refractivity contribution in [2.45, 2.75) is 23.8 Å². The molecule has 0 aliphatic carbocycles. The molecule has 0 saturated carbocycles. The molecule has 0 saturated heterocycles. The van der Waals surface area contributed by atoms with Gasteiger partial charge in [-0.2, -0.15) is 0 Å². The Hall–Kier alpha value is -1.52. The van der Waals surface area contributed by atoms with Crippen LogP contribution in [-0.2, 0) is 0 Å². The molecule has 0 amide bonds. The fourth-order valence-corrected chi connectivity index (χ4v) is 3.02. The summed E-state index contributed by atoms with van der Waals surface area (Å²) in [7, 11) is 0. The van der Waals surface area contributed by atoms with Crippen molar-refractivity contribution in [3.8, 4) is 0 Å². The Balaban J connectivity index is 2.28. The van der Waals surface area contributed by atoms with E-state index in [-0.39, 0.29) is 10.6 Å². The highest BCUT2D eigenvalue weighted by Gasteiger charge is 2.10. The fraction of sp³-hybridized carbons (Fsp3) is 0.143. The summed E-state index contributed by atoms with van der Waals surface area (Å²) in [4.78, 5) is 16.2. The molecule has 0 atom stereocenters. The van der Waals surface area contributed by atoms with Crippen molar-refractivity contribution >= 4 is 29.3 Å². The fourth-order valence-electron chi connectivity index (χ4n) is 1.71. The van der Waals surface area contributed by atoms with Gasteiger partial charge in [-0.15, -0.1) is 0 Å². The normalized spacial score (nSPS) is 10.5. The van der Waals surface area contributed by atoms with Gasteiger partial charge in [0.05, 0.1) is 10.6 Å². The number of nitrogens with zero attached hydrogens (tertiary/aromatic N) is 1. The van der Waals surface area contributed by atoms with Crippen LogP contribution >= 0.6 is 23.4 Å². The third-order valence-corrected chi connectivity index (χ3v) is 3.69. The number of aromatic carboxylic acids is 1. The quantitative estimate of drug-likeness (QED) is 0.921. The smallest absolute Gasteiger partial charge is 0.337 e. The van der Waals surface area contributed by atoms with Gasteiger partial charge in [-0.25, -0.2) is 9.78 Å². The van der Waals surface area contributed by atoms with Crippen LogP contribution in [0.4, 0.5) is 0 Å². The lowest BCUT2D eigenvalue weighted by molar-refractivity contribution is 0.0697. The van der Waals surface area contributed by atoms with E-state index in [9.17, 15) is 4.79 Å². The van der Waals surface area contributed by atoms with Crippen molar-refractivity contribution < 1.29 is 9.90 Å². The lowest BCUT2D eigenvalue weighted by Crippen LogP contribution is -1.96. The number of carboxylic acid groups (broad SMARTS) is 1. The van der Waals surface area contributed by atoms with Crippen LogP contribution in [0.3, 0.4) is 0 Å². The molecule has 1 aromatic heterocycles. The first-order valence-corrected chi connectivity index (χ1v) is 6.81. The molecule has 0 fully saturated rings. The van der Waals surface area contributed by atoms with Crippen molar-refractivity contribution in [3.63, 3.8) is 0 Å². The summed E-state index contributed by atoms with van der Waals surface area (Å²) in [5.41, 5.74) is 2.21. The van der Waals surface area contributed by atoms with E-state index >= 15 is 0 Å². The van der Waals surface area contributed by atoms with E-state index in [2.05, 4.69) is 4.98 Å². The largest absolute Gasteiger partial charge is 0.478 e. The predicted octanol–water partition coefficient (Wildman–Crippen LogP) is 4.20. The number of rotatable bonds is 3. The zero-order chi connectivity index (χ0) is 14.0. The number of aromatic nitrogens is 1. The molecule has 3 nitrogen and oxygen atoms in total. The number of benzene rings is 1. The van der Waals surface area contributed by atoms with Crippen molar-refractivity contribution in [1.29, 1.82) is 0 Å². The molecule has 98 valence electrons. The minimum atomic E-state index is -1.02. The van der Waals surface area contributed by atoms with Gasteiger partial charge in [0.2, 0.25) is 0 Å². The summed E-state index contributed by atoms with van der Waals surface area (Å²) < 4.78 is 0. The van der Waals surface area contributed by atoms with E-state index in [0.717, 1.165) is 21.2 Å². The van der Waals surface area contributed by atoms with Gasteiger partial charge in [0.25, 0.3) is 0 Å². The van der Waals surface area contributed by atoms with Gasteiger partial charge in [0, 0.05) is 10.6 Å². The maximum absolute atomic E-state index is 10.9. The first kappa shape index (κ1) is 13.9. The molecule has 2 aromatic rings. The van der Waals surface area contributed by atoms with Gasteiger partial charge in [0.15, 0.2) is 0 Å². The van der Waals surface area contributed by atoms with E-state index in [1.54, 1.807) is 12.1 Å². The van der Waals surface area contributed by atoms with Crippen LogP contribution in [0.15, 0.2) is 40.3 Å². The number of halogens is 1. The third kappa shape index (κ3) is 3.49. The Morgan fingerprint density at radius 1 is 1.26 bits per heavy atom. The number of hydrogen-bond donors (Lipinski definition) is 1. The first-order valence-electron chi connectivity index (χ1n) is 5.61. The second-order valence-electron chi connectivity index (χ2n) is 4.17. The van der Waals surface area contributed by atoms with Crippen LogP contribution in [0.2, 0.25) is 5.02 Å². The molecular formula is C14H12ClNO2S. The van der Waals surface area contributed by atoms with E-state index in [4.69, 9.17) is 16.7 Å². The second kappa shape index (κ2) is 5.63. The maximum Gasteiger partial charge on any atom is 0.337 e. The Morgan fingerprint density at radius 2 is 2.00 bits per heavy atom. The molecule has 1 aromatic carbocycles. The standard InChI is InChI=1S/C14H12ClNO2S/c1-8-5-9(2)16-13(6-8)19-10-3-4-11(14(17)18)12(15)7-10/h3-7H,1-2H3,(H,17,18). The molecule has 2 rings (SSSR count). The third-order valence-electron chi connectivity index (χ3n) is 2.47. The average molecular weight is 294 g/mol. The van der Waals surface area contributed by atoms with Crippen molar-refractivity contribution in [3.05, 3.63) is 52.2 Å². The number of aryl methyl sites for hydroxylation is 2. The SMILES string of the molecule is Cc1cc(C)nc(Sc2ccc(C(=O)O)c(Cl)c2)c1.